The third-order valence-corrected chi connectivity index (χ3v) is 3.49. The van der Waals surface area contributed by atoms with Crippen LogP contribution in [0, 0.1) is 20.8 Å². The summed E-state index contributed by atoms with van der Waals surface area (Å²) in [4.78, 5) is 20.5. The molecule has 0 spiro atoms. The average molecular weight is 281 g/mol. The van der Waals surface area contributed by atoms with E-state index >= 15 is 0 Å². The van der Waals surface area contributed by atoms with Gasteiger partial charge in [-0.1, -0.05) is 12.1 Å². The van der Waals surface area contributed by atoms with Crippen LogP contribution in [-0.2, 0) is 0 Å². The molecule has 1 aromatic carbocycles. The number of carbonyl (C=O) groups is 1. The van der Waals surface area contributed by atoms with Gasteiger partial charge in [-0.2, -0.15) is 4.98 Å². The Balaban J connectivity index is 1.94. The second kappa shape index (κ2) is 4.97. The largest absolute Gasteiger partial charge is 0.319 e. The Kier molecular flexibility index (Phi) is 3.13. The molecule has 6 nitrogen and oxygen atoms in total. The van der Waals surface area contributed by atoms with Gasteiger partial charge in [-0.15, -0.1) is 5.10 Å². The summed E-state index contributed by atoms with van der Waals surface area (Å²) >= 11 is 0. The number of carbonyl (C=O) groups excluding carboxylic acids is 1. The van der Waals surface area contributed by atoms with Crippen molar-refractivity contribution in [2.45, 2.75) is 20.8 Å². The van der Waals surface area contributed by atoms with E-state index in [9.17, 15) is 4.79 Å². The zero-order valence-corrected chi connectivity index (χ0v) is 12.1. The Labute approximate surface area is 121 Å². The van der Waals surface area contributed by atoms with E-state index in [1.54, 1.807) is 10.7 Å². The topological polar surface area (TPSA) is 72.2 Å². The number of aromatic nitrogens is 4. The molecule has 1 amide bonds. The van der Waals surface area contributed by atoms with E-state index in [-0.39, 0.29) is 11.7 Å². The number of rotatable bonds is 2. The molecule has 6 heteroatoms. The first-order chi connectivity index (χ1) is 10.1. The molecule has 1 N–H and O–H groups in total. The Hall–Kier alpha value is -2.76. The van der Waals surface area contributed by atoms with Gasteiger partial charge in [-0.3, -0.25) is 4.79 Å². The molecule has 0 fully saturated rings. The number of fused-ring (bicyclic) bond motifs is 1. The van der Waals surface area contributed by atoms with Gasteiger partial charge in [0.15, 0.2) is 0 Å². The normalized spacial score (nSPS) is 10.8. The Morgan fingerprint density at radius 2 is 2.00 bits per heavy atom. The van der Waals surface area contributed by atoms with E-state index in [0.717, 1.165) is 22.5 Å². The van der Waals surface area contributed by atoms with Gasteiger partial charge in [-0.05, 0) is 44.0 Å². The van der Waals surface area contributed by atoms with E-state index in [4.69, 9.17) is 0 Å². The van der Waals surface area contributed by atoms with Crippen LogP contribution in [-0.4, -0.2) is 25.5 Å². The van der Waals surface area contributed by atoms with Crippen molar-refractivity contribution in [3.05, 3.63) is 53.1 Å². The van der Waals surface area contributed by atoms with Gasteiger partial charge in [-0.25, -0.2) is 9.50 Å². The Morgan fingerprint density at radius 1 is 1.19 bits per heavy atom. The predicted molar refractivity (Wildman–Crippen MR) is 79.4 cm³/mol. The molecule has 0 bridgehead atoms. The number of nitrogens with one attached hydrogen (secondary N) is 1. The van der Waals surface area contributed by atoms with Crippen molar-refractivity contribution in [3.63, 3.8) is 0 Å². The number of aryl methyl sites for hydroxylation is 2. The highest BCUT2D eigenvalue weighted by molar-refractivity contribution is 6.02. The van der Waals surface area contributed by atoms with Crippen molar-refractivity contribution < 1.29 is 4.79 Å². The minimum atomic E-state index is -0.339. The smallest absolute Gasteiger partial charge is 0.295 e. The number of amides is 1. The first-order valence-electron chi connectivity index (χ1n) is 6.62. The van der Waals surface area contributed by atoms with Crippen molar-refractivity contribution in [1.29, 1.82) is 0 Å². The summed E-state index contributed by atoms with van der Waals surface area (Å²) in [6.07, 6.45) is 1.64. The van der Waals surface area contributed by atoms with Crippen LogP contribution in [0.15, 0.2) is 30.5 Å². The molecule has 0 atom stereocenters. The van der Waals surface area contributed by atoms with E-state index in [1.807, 2.05) is 45.0 Å². The minimum Gasteiger partial charge on any atom is -0.319 e. The number of hydrogen-bond donors (Lipinski definition) is 1. The third-order valence-electron chi connectivity index (χ3n) is 3.49. The van der Waals surface area contributed by atoms with E-state index in [0.29, 0.717) is 5.78 Å². The maximum Gasteiger partial charge on any atom is 0.295 e. The quantitative estimate of drug-likeness (QED) is 0.782. The van der Waals surface area contributed by atoms with Crippen LogP contribution >= 0.6 is 0 Å². The zero-order valence-electron chi connectivity index (χ0n) is 12.1. The number of benzene rings is 1. The summed E-state index contributed by atoms with van der Waals surface area (Å²) in [5.41, 5.74) is 3.79. The minimum absolute atomic E-state index is 0.109. The van der Waals surface area contributed by atoms with Crippen molar-refractivity contribution >= 4 is 17.4 Å². The maximum absolute atomic E-state index is 12.3. The standard InChI is InChI=1S/C15H15N5O/c1-9-5-4-6-12(11(9)3)17-14(21)13-18-15-16-8-7-10(2)20(15)19-13/h4-8H,1-3H3,(H,17,21). The summed E-state index contributed by atoms with van der Waals surface area (Å²) in [5.74, 6) is 0.187. The fourth-order valence-electron chi connectivity index (χ4n) is 2.07. The van der Waals surface area contributed by atoms with Gasteiger partial charge in [0.05, 0.1) is 0 Å². The van der Waals surface area contributed by atoms with Gasteiger partial charge in [0.25, 0.3) is 11.7 Å². The molecule has 0 aliphatic heterocycles. The number of nitrogens with zero attached hydrogens (tertiary/aromatic N) is 4. The van der Waals surface area contributed by atoms with E-state index in [2.05, 4.69) is 20.4 Å². The van der Waals surface area contributed by atoms with Crippen molar-refractivity contribution in [3.8, 4) is 0 Å². The van der Waals surface area contributed by atoms with Crippen LogP contribution in [0.5, 0.6) is 0 Å². The van der Waals surface area contributed by atoms with Gasteiger partial charge < -0.3 is 5.32 Å². The molecule has 2 heterocycles. The lowest BCUT2D eigenvalue weighted by Gasteiger charge is -2.08. The highest BCUT2D eigenvalue weighted by atomic mass is 16.2. The molecular formula is C15H15N5O. The molecule has 0 unspecified atom stereocenters. The van der Waals surface area contributed by atoms with Crippen LogP contribution < -0.4 is 5.32 Å². The lowest BCUT2D eigenvalue weighted by atomic mass is 10.1. The van der Waals surface area contributed by atoms with Crippen molar-refractivity contribution in [2.75, 3.05) is 5.32 Å². The van der Waals surface area contributed by atoms with Crippen LogP contribution in [0.1, 0.15) is 27.4 Å². The van der Waals surface area contributed by atoms with Crippen LogP contribution in [0.3, 0.4) is 0 Å². The predicted octanol–water partition coefficient (Wildman–Crippen LogP) is 2.30. The molecule has 0 saturated heterocycles. The summed E-state index contributed by atoms with van der Waals surface area (Å²) < 4.78 is 1.55. The first-order valence-corrected chi connectivity index (χ1v) is 6.62. The lowest BCUT2D eigenvalue weighted by Crippen LogP contribution is -2.15. The lowest BCUT2D eigenvalue weighted by molar-refractivity contribution is 0.101. The zero-order chi connectivity index (χ0) is 15.0. The molecule has 3 rings (SSSR count). The highest BCUT2D eigenvalue weighted by Crippen LogP contribution is 2.18. The van der Waals surface area contributed by atoms with Crippen LogP contribution in [0.4, 0.5) is 5.69 Å². The fraction of sp³-hybridized carbons (Fsp3) is 0.200. The molecule has 2 aromatic heterocycles. The second-order valence-corrected chi connectivity index (χ2v) is 4.94. The molecule has 3 aromatic rings. The fourth-order valence-corrected chi connectivity index (χ4v) is 2.07. The SMILES string of the molecule is Cc1cccc(NC(=O)c2nc3nccc(C)n3n2)c1C. The summed E-state index contributed by atoms with van der Waals surface area (Å²) in [6.45, 7) is 5.85. The summed E-state index contributed by atoms with van der Waals surface area (Å²) in [7, 11) is 0. The van der Waals surface area contributed by atoms with E-state index < -0.39 is 0 Å². The van der Waals surface area contributed by atoms with Gasteiger partial charge in [0, 0.05) is 17.6 Å². The highest BCUT2D eigenvalue weighted by Gasteiger charge is 2.15. The van der Waals surface area contributed by atoms with Crippen LogP contribution in [0.2, 0.25) is 0 Å². The molecule has 0 aliphatic carbocycles. The Bertz CT molecular complexity index is 837. The van der Waals surface area contributed by atoms with Gasteiger partial charge in [0.1, 0.15) is 0 Å². The molecular weight excluding hydrogens is 266 g/mol. The van der Waals surface area contributed by atoms with Gasteiger partial charge in [0.2, 0.25) is 5.82 Å². The van der Waals surface area contributed by atoms with Crippen LogP contribution in [0.25, 0.3) is 5.78 Å². The summed E-state index contributed by atoms with van der Waals surface area (Å²) in [5, 5.41) is 7.03. The molecule has 0 radical (unpaired) electrons. The molecule has 21 heavy (non-hydrogen) atoms. The number of hydrogen-bond acceptors (Lipinski definition) is 4. The molecule has 106 valence electrons. The van der Waals surface area contributed by atoms with Crippen molar-refractivity contribution in [1.82, 2.24) is 19.6 Å². The Morgan fingerprint density at radius 3 is 2.76 bits per heavy atom. The van der Waals surface area contributed by atoms with Crippen molar-refractivity contribution in [2.24, 2.45) is 0 Å². The number of anilines is 1. The van der Waals surface area contributed by atoms with E-state index in [1.165, 1.54) is 0 Å². The third kappa shape index (κ3) is 2.35. The van der Waals surface area contributed by atoms with Gasteiger partial charge >= 0.3 is 0 Å². The second-order valence-electron chi connectivity index (χ2n) is 4.94. The molecule has 0 aliphatic rings. The monoisotopic (exact) mass is 281 g/mol. The average Bonchev–Trinajstić information content (AvgIpc) is 2.89. The first kappa shape index (κ1) is 13.2. The maximum atomic E-state index is 12.3. The molecule has 0 saturated carbocycles. The summed E-state index contributed by atoms with van der Waals surface area (Å²) in [6, 6.07) is 7.58.